The van der Waals surface area contributed by atoms with Crippen molar-refractivity contribution in [1.29, 1.82) is 0 Å². The van der Waals surface area contributed by atoms with Gasteiger partial charge in [0.05, 0.1) is 13.2 Å². The van der Waals surface area contributed by atoms with Crippen molar-refractivity contribution in [2.24, 2.45) is 4.99 Å². The number of halogens is 2. The molecule has 7 nitrogen and oxygen atoms in total. The highest BCUT2D eigenvalue weighted by molar-refractivity contribution is 14.0. The number of hydrogen-bond acceptors (Lipinski definition) is 4. The number of nitrogens with one attached hydrogen (secondary N) is 2. The van der Waals surface area contributed by atoms with Gasteiger partial charge in [-0.2, -0.15) is 0 Å². The standard InChI is InChI=1S/C20H32FN5O2.HI/c1-5-28-18-7-6-16(12-17(18)21)13-23-20(22-4)26-10-8-25(9-11-26)14-19(27)24-15(2)3;/h6-7,12,15H,5,8-11,13-14H2,1-4H3,(H,22,23)(H,24,27);1H. The Labute approximate surface area is 190 Å². The number of hydrogen-bond donors (Lipinski definition) is 2. The van der Waals surface area contributed by atoms with Gasteiger partial charge in [-0.1, -0.05) is 6.07 Å². The first-order valence-electron chi connectivity index (χ1n) is 9.81. The number of carbonyl (C=O) groups excluding carboxylic acids is 1. The summed E-state index contributed by atoms with van der Waals surface area (Å²) in [5, 5.41) is 6.21. The second-order valence-corrected chi connectivity index (χ2v) is 7.08. The summed E-state index contributed by atoms with van der Waals surface area (Å²) in [6, 6.07) is 5.14. The SMILES string of the molecule is CCOc1ccc(CNC(=NC)N2CCN(CC(=O)NC(C)C)CC2)cc1F.I. The smallest absolute Gasteiger partial charge is 0.234 e. The third-order valence-corrected chi connectivity index (χ3v) is 4.45. The summed E-state index contributed by atoms with van der Waals surface area (Å²) in [6.07, 6.45) is 0. The van der Waals surface area contributed by atoms with Gasteiger partial charge in [0, 0.05) is 45.8 Å². The minimum absolute atomic E-state index is 0. The molecule has 2 rings (SSSR count). The van der Waals surface area contributed by atoms with Gasteiger partial charge in [-0.05, 0) is 38.5 Å². The van der Waals surface area contributed by atoms with Crippen molar-refractivity contribution >= 4 is 35.8 Å². The average Bonchev–Trinajstić information content (AvgIpc) is 2.65. The van der Waals surface area contributed by atoms with Gasteiger partial charge < -0.3 is 20.3 Å². The predicted molar refractivity (Wildman–Crippen MR) is 124 cm³/mol. The molecule has 0 atom stereocenters. The fourth-order valence-corrected chi connectivity index (χ4v) is 3.13. The van der Waals surface area contributed by atoms with Gasteiger partial charge in [0.15, 0.2) is 17.5 Å². The molecule has 164 valence electrons. The number of ether oxygens (including phenoxy) is 1. The van der Waals surface area contributed by atoms with Crippen molar-refractivity contribution in [2.75, 3.05) is 46.4 Å². The Balaban J connectivity index is 0.00000420. The van der Waals surface area contributed by atoms with Gasteiger partial charge in [-0.3, -0.25) is 14.7 Å². The molecule has 1 amide bonds. The molecule has 1 aliphatic heterocycles. The summed E-state index contributed by atoms with van der Waals surface area (Å²) in [7, 11) is 1.74. The highest BCUT2D eigenvalue weighted by atomic mass is 127. The molecular weight excluding hydrogens is 488 g/mol. The minimum atomic E-state index is -0.357. The van der Waals surface area contributed by atoms with Crippen LogP contribution in [0.3, 0.4) is 0 Å². The third kappa shape index (κ3) is 8.33. The molecule has 0 saturated carbocycles. The van der Waals surface area contributed by atoms with E-state index < -0.39 is 0 Å². The molecule has 1 fully saturated rings. The van der Waals surface area contributed by atoms with Gasteiger partial charge >= 0.3 is 0 Å². The Morgan fingerprint density at radius 1 is 1.28 bits per heavy atom. The molecule has 1 saturated heterocycles. The molecule has 1 aromatic carbocycles. The zero-order valence-corrected chi connectivity index (χ0v) is 20.0. The molecule has 0 aromatic heterocycles. The Kier molecular flexibility index (Phi) is 11.3. The van der Waals surface area contributed by atoms with Crippen LogP contribution in [0.2, 0.25) is 0 Å². The number of benzene rings is 1. The Morgan fingerprint density at radius 2 is 1.97 bits per heavy atom. The first-order chi connectivity index (χ1) is 13.4. The highest BCUT2D eigenvalue weighted by Gasteiger charge is 2.21. The van der Waals surface area contributed by atoms with E-state index in [1.807, 2.05) is 26.8 Å². The second-order valence-electron chi connectivity index (χ2n) is 7.08. The number of aliphatic imine (C=N–C) groups is 1. The first-order valence-corrected chi connectivity index (χ1v) is 9.81. The number of carbonyl (C=O) groups is 1. The third-order valence-electron chi connectivity index (χ3n) is 4.45. The van der Waals surface area contributed by atoms with Crippen LogP contribution in [0.15, 0.2) is 23.2 Å². The van der Waals surface area contributed by atoms with Gasteiger partial charge in [-0.25, -0.2) is 4.39 Å². The van der Waals surface area contributed by atoms with E-state index in [9.17, 15) is 9.18 Å². The topological polar surface area (TPSA) is 69.2 Å². The first kappa shape index (κ1) is 25.4. The Morgan fingerprint density at radius 3 is 2.52 bits per heavy atom. The summed E-state index contributed by atoms with van der Waals surface area (Å²) < 4.78 is 19.2. The zero-order valence-electron chi connectivity index (χ0n) is 17.7. The molecule has 0 aliphatic carbocycles. The molecule has 29 heavy (non-hydrogen) atoms. The molecule has 0 unspecified atom stereocenters. The van der Waals surface area contributed by atoms with E-state index in [-0.39, 0.29) is 47.5 Å². The molecule has 1 heterocycles. The lowest BCUT2D eigenvalue weighted by Gasteiger charge is -2.36. The number of piperazine rings is 1. The van der Waals surface area contributed by atoms with Crippen molar-refractivity contribution in [3.8, 4) is 5.75 Å². The summed E-state index contributed by atoms with van der Waals surface area (Å²) in [5.41, 5.74) is 0.825. The van der Waals surface area contributed by atoms with Crippen LogP contribution in [0, 0.1) is 5.82 Å². The maximum absolute atomic E-state index is 14.0. The molecule has 1 aliphatic rings. The fourth-order valence-electron chi connectivity index (χ4n) is 3.13. The van der Waals surface area contributed by atoms with Crippen LogP contribution in [0.5, 0.6) is 5.75 Å². The monoisotopic (exact) mass is 521 g/mol. The van der Waals surface area contributed by atoms with Gasteiger partial charge in [-0.15, -0.1) is 24.0 Å². The number of rotatable bonds is 7. The lowest BCUT2D eigenvalue weighted by molar-refractivity contribution is -0.123. The van der Waals surface area contributed by atoms with E-state index in [2.05, 4.69) is 25.4 Å². The van der Waals surface area contributed by atoms with Crippen LogP contribution in [-0.2, 0) is 11.3 Å². The van der Waals surface area contributed by atoms with Crippen LogP contribution >= 0.6 is 24.0 Å². The second kappa shape index (κ2) is 12.8. The van der Waals surface area contributed by atoms with E-state index in [0.717, 1.165) is 37.7 Å². The molecule has 1 aromatic rings. The lowest BCUT2D eigenvalue weighted by atomic mass is 10.2. The largest absolute Gasteiger partial charge is 0.491 e. The van der Waals surface area contributed by atoms with Crippen LogP contribution in [-0.4, -0.2) is 74.1 Å². The van der Waals surface area contributed by atoms with Gasteiger partial charge in [0.25, 0.3) is 0 Å². The molecule has 0 radical (unpaired) electrons. The highest BCUT2D eigenvalue weighted by Crippen LogP contribution is 2.18. The van der Waals surface area contributed by atoms with Crippen molar-refractivity contribution in [3.63, 3.8) is 0 Å². The van der Waals surface area contributed by atoms with Crippen LogP contribution in [0.25, 0.3) is 0 Å². The Bertz CT molecular complexity index is 679. The van der Waals surface area contributed by atoms with E-state index in [1.165, 1.54) is 6.07 Å². The van der Waals surface area contributed by atoms with Crippen LogP contribution in [0.1, 0.15) is 26.3 Å². The molecule has 0 spiro atoms. The summed E-state index contributed by atoms with van der Waals surface area (Å²) in [4.78, 5) is 20.5. The molecule has 0 bridgehead atoms. The molecule has 2 N–H and O–H groups in total. The van der Waals surface area contributed by atoms with E-state index in [1.54, 1.807) is 13.1 Å². The molecule has 9 heteroatoms. The average molecular weight is 521 g/mol. The lowest BCUT2D eigenvalue weighted by Crippen LogP contribution is -2.54. The van der Waals surface area contributed by atoms with E-state index in [4.69, 9.17) is 4.74 Å². The summed E-state index contributed by atoms with van der Waals surface area (Å²) >= 11 is 0. The van der Waals surface area contributed by atoms with E-state index in [0.29, 0.717) is 19.7 Å². The van der Waals surface area contributed by atoms with Crippen molar-refractivity contribution in [2.45, 2.75) is 33.4 Å². The van der Waals surface area contributed by atoms with Crippen LogP contribution in [0.4, 0.5) is 4.39 Å². The maximum Gasteiger partial charge on any atom is 0.234 e. The van der Waals surface area contributed by atoms with Gasteiger partial charge in [0.1, 0.15) is 0 Å². The molecular formula is C20H33FIN5O2. The van der Waals surface area contributed by atoms with E-state index >= 15 is 0 Å². The maximum atomic E-state index is 14.0. The quantitative estimate of drug-likeness (QED) is 0.327. The van der Waals surface area contributed by atoms with Crippen molar-refractivity contribution in [1.82, 2.24) is 20.4 Å². The normalized spacial score (nSPS) is 15.1. The zero-order chi connectivity index (χ0) is 20.5. The van der Waals surface area contributed by atoms with Crippen LogP contribution < -0.4 is 15.4 Å². The number of nitrogens with zero attached hydrogens (tertiary/aromatic N) is 3. The van der Waals surface area contributed by atoms with Crippen molar-refractivity contribution < 1.29 is 13.9 Å². The summed E-state index contributed by atoms with van der Waals surface area (Å²) in [5.74, 6) is 0.752. The van der Waals surface area contributed by atoms with Crippen molar-refractivity contribution in [3.05, 3.63) is 29.6 Å². The number of guanidine groups is 1. The predicted octanol–water partition coefficient (Wildman–Crippen LogP) is 2.06. The van der Waals surface area contributed by atoms with Gasteiger partial charge in [0.2, 0.25) is 5.91 Å². The Hall–Kier alpha value is -1.62. The fraction of sp³-hybridized carbons (Fsp3) is 0.600. The summed E-state index contributed by atoms with van der Waals surface area (Å²) in [6.45, 7) is 10.2. The minimum Gasteiger partial charge on any atom is -0.491 e. The number of amides is 1.